The van der Waals surface area contributed by atoms with Crippen molar-refractivity contribution in [2.24, 2.45) is 5.92 Å². The first kappa shape index (κ1) is 17.8. The third-order valence-electron chi connectivity index (χ3n) is 5.99. The zero-order chi connectivity index (χ0) is 19.6. The molecule has 3 heterocycles. The first-order chi connectivity index (χ1) is 13.5. The maximum absolute atomic E-state index is 14.0. The number of carbonyl (C=O) groups is 2. The number of hydrogen-bond donors (Lipinski definition) is 0. The van der Waals surface area contributed by atoms with Crippen LogP contribution in [0.1, 0.15) is 23.6 Å². The second-order valence-corrected chi connectivity index (χ2v) is 8.02. The molecule has 2 aromatic rings. The third-order valence-corrected chi connectivity index (χ3v) is 6.29. The van der Waals surface area contributed by atoms with Crippen molar-refractivity contribution in [3.05, 3.63) is 64.4 Å². The highest BCUT2D eigenvalue weighted by Crippen LogP contribution is 2.49. The molecule has 0 saturated carbocycles. The Hall–Kier alpha value is -2.28. The zero-order valence-electron chi connectivity index (χ0n) is 15.3. The fraction of sp³-hybridized carbons (Fsp3) is 0.333. The molecule has 0 aromatic heterocycles. The molecule has 3 atom stereocenters. The van der Waals surface area contributed by atoms with Crippen LogP contribution in [0.5, 0.6) is 0 Å². The van der Waals surface area contributed by atoms with Crippen molar-refractivity contribution >= 4 is 29.1 Å². The van der Waals surface area contributed by atoms with Gasteiger partial charge in [0, 0.05) is 13.1 Å². The van der Waals surface area contributed by atoms with Crippen LogP contribution in [0.3, 0.4) is 0 Å². The van der Waals surface area contributed by atoms with Gasteiger partial charge in [-0.1, -0.05) is 41.4 Å². The van der Waals surface area contributed by atoms with Crippen molar-refractivity contribution in [3.63, 3.8) is 0 Å². The highest BCUT2D eigenvalue weighted by Gasteiger charge is 2.62. The maximum Gasteiger partial charge on any atom is 0.253 e. The molecule has 3 aliphatic rings. The van der Waals surface area contributed by atoms with E-state index in [1.165, 1.54) is 12.1 Å². The van der Waals surface area contributed by atoms with Crippen molar-refractivity contribution in [1.82, 2.24) is 10.0 Å². The largest absolute Gasteiger partial charge is 0.274 e. The fourth-order valence-corrected chi connectivity index (χ4v) is 4.87. The standard InChI is InChI=1S/C21H19ClFN3O2/c1-12-3-5-13(6-4-12)18-17-19(25-10-2-9-24(18)25)21(28)26(20(17)27)14-7-8-15(22)16(23)11-14/h3-8,11,17-19H,2,9-10H2,1H3/t17-,18+,19+/m1/s1. The van der Waals surface area contributed by atoms with Gasteiger partial charge in [0.25, 0.3) is 5.91 Å². The molecule has 2 amide bonds. The van der Waals surface area contributed by atoms with E-state index in [0.29, 0.717) is 0 Å². The van der Waals surface area contributed by atoms with Crippen molar-refractivity contribution in [2.75, 3.05) is 18.0 Å². The summed E-state index contributed by atoms with van der Waals surface area (Å²) in [5, 5.41) is 4.16. The number of hydrogen-bond acceptors (Lipinski definition) is 4. The molecule has 3 fully saturated rings. The lowest BCUT2D eigenvalue weighted by Gasteiger charge is -2.29. The van der Waals surface area contributed by atoms with E-state index < -0.39 is 17.8 Å². The summed E-state index contributed by atoms with van der Waals surface area (Å²) in [6, 6.07) is 11.4. The Morgan fingerprint density at radius 2 is 1.64 bits per heavy atom. The Morgan fingerprint density at radius 1 is 0.964 bits per heavy atom. The lowest BCUT2D eigenvalue weighted by Crippen LogP contribution is -2.44. The van der Waals surface area contributed by atoms with Crippen LogP contribution >= 0.6 is 11.6 Å². The lowest BCUT2D eigenvalue weighted by atomic mass is 9.89. The molecule has 0 unspecified atom stereocenters. The second-order valence-electron chi connectivity index (χ2n) is 7.62. The number of aryl methyl sites for hydroxylation is 1. The minimum Gasteiger partial charge on any atom is -0.274 e. The van der Waals surface area contributed by atoms with Crippen LogP contribution in [0.25, 0.3) is 0 Å². The number of hydrazine groups is 1. The molecule has 0 N–H and O–H groups in total. The van der Waals surface area contributed by atoms with Crippen molar-refractivity contribution in [2.45, 2.75) is 25.4 Å². The van der Waals surface area contributed by atoms with Gasteiger partial charge in [0.2, 0.25) is 5.91 Å². The Labute approximate surface area is 167 Å². The summed E-state index contributed by atoms with van der Waals surface area (Å²) < 4.78 is 14.0. The third kappa shape index (κ3) is 2.45. The molecule has 0 aliphatic carbocycles. The highest BCUT2D eigenvalue weighted by molar-refractivity contribution is 6.31. The molecule has 28 heavy (non-hydrogen) atoms. The molecule has 5 rings (SSSR count). The number of amides is 2. The summed E-state index contributed by atoms with van der Waals surface area (Å²) in [6.45, 7) is 3.58. The molecule has 0 spiro atoms. The lowest BCUT2D eigenvalue weighted by molar-refractivity contribution is -0.126. The van der Waals surface area contributed by atoms with Gasteiger partial charge >= 0.3 is 0 Å². The van der Waals surface area contributed by atoms with Crippen LogP contribution < -0.4 is 4.90 Å². The topological polar surface area (TPSA) is 43.9 Å². The maximum atomic E-state index is 14.0. The van der Waals surface area contributed by atoms with E-state index in [1.807, 2.05) is 36.2 Å². The summed E-state index contributed by atoms with van der Waals surface area (Å²) in [4.78, 5) is 27.8. The van der Waals surface area contributed by atoms with Gasteiger partial charge in [0.15, 0.2) is 0 Å². The van der Waals surface area contributed by atoms with E-state index in [9.17, 15) is 14.0 Å². The number of halogens is 2. The number of rotatable bonds is 2. The molecule has 7 heteroatoms. The number of anilines is 1. The van der Waals surface area contributed by atoms with E-state index >= 15 is 0 Å². The second kappa shape index (κ2) is 6.37. The first-order valence-corrected chi connectivity index (χ1v) is 9.78. The van der Waals surface area contributed by atoms with Crippen LogP contribution in [0.15, 0.2) is 42.5 Å². The number of benzene rings is 2. The summed E-state index contributed by atoms with van der Waals surface area (Å²) in [5.41, 5.74) is 2.40. The Kier molecular flexibility index (Phi) is 4.05. The van der Waals surface area contributed by atoms with Gasteiger partial charge in [-0.3, -0.25) is 9.59 Å². The predicted octanol–water partition coefficient (Wildman–Crippen LogP) is 3.32. The van der Waals surface area contributed by atoms with Crippen LogP contribution in [0, 0.1) is 18.7 Å². The number of imide groups is 1. The van der Waals surface area contributed by atoms with Crippen LogP contribution in [0.2, 0.25) is 5.02 Å². The van der Waals surface area contributed by atoms with Gasteiger partial charge in [-0.05, 0) is 37.1 Å². The Balaban J connectivity index is 1.58. The zero-order valence-corrected chi connectivity index (χ0v) is 16.1. The first-order valence-electron chi connectivity index (χ1n) is 9.40. The normalized spacial score (nSPS) is 27.5. The van der Waals surface area contributed by atoms with Crippen molar-refractivity contribution in [3.8, 4) is 0 Å². The van der Waals surface area contributed by atoms with Gasteiger partial charge < -0.3 is 0 Å². The minimum atomic E-state index is -0.644. The van der Waals surface area contributed by atoms with Gasteiger partial charge in [0.1, 0.15) is 11.9 Å². The van der Waals surface area contributed by atoms with E-state index in [1.54, 1.807) is 0 Å². The Morgan fingerprint density at radius 3 is 2.32 bits per heavy atom. The molecular formula is C21H19ClFN3O2. The van der Waals surface area contributed by atoms with E-state index in [-0.39, 0.29) is 28.6 Å². The SMILES string of the molecule is Cc1ccc([C@H]2[C@H]3C(=O)N(c4ccc(Cl)c(F)c4)C(=O)[C@H]3N3CCCN23)cc1. The molecule has 0 radical (unpaired) electrons. The summed E-state index contributed by atoms with van der Waals surface area (Å²) >= 11 is 5.77. The number of fused-ring (bicyclic) bond motifs is 3. The highest BCUT2D eigenvalue weighted by atomic mass is 35.5. The van der Waals surface area contributed by atoms with Crippen LogP contribution in [-0.2, 0) is 9.59 Å². The molecule has 2 aromatic carbocycles. The quantitative estimate of drug-likeness (QED) is 0.727. The summed E-state index contributed by atoms with van der Waals surface area (Å²) in [7, 11) is 0. The van der Waals surface area contributed by atoms with E-state index in [0.717, 1.165) is 41.6 Å². The Bertz CT molecular complexity index is 980. The fourth-order valence-electron chi connectivity index (χ4n) is 4.76. The monoisotopic (exact) mass is 399 g/mol. The van der Waals surface area contributed by atoms with Crippen LogP contribution in [-0.4, -0.2) is 41.0 Å². The van der Waals surface area contributed by atoms with Crippen molar-refractivity contribution in [1.29, 1.82) is 0 Å². The van der Waals surface area contributed by atoms with Gasteiger partial charge in [-0.2, -0.15) is 0 Å². The molecule has 0 bridgehead atoms. The van der Waals surface area contributed by atoms with E-state index in [2.05, 4.69) is 5.01 Å². The number of carbonyl (C=O) groups excluding carboxylic acids is 2. The summed E-state index contributed by atoms with van der Waals surface area (Å²) in [5.74, 6) is -1.72. The summed E-state index contributed by atoms with van der Waals surface area (Å²) in [6.07, 6.45) is 0.947. The minimum absolute atomic E-state index is 0.0358. The van der Waals surface area contributed by atoms with E-state index in [4.69, 9.17) is 11.6 Å². The molecule has 3 aliphatic heterocycles. The average Bonchev–Trinajstić information content (AvgIpc) is 3.31. The molecule has 144 valence electrons. The molecule has 5 nitrogen and oxygen atoms in total. The smallest absolute Gasteiger partial charge is 0.253 e. The molecular weight excluding hydrogens is 381 g/mol. The van der Waals surface area contributed by atoms with Crippen LogP contribution in [0.4, 0.5) is 10.1 Å². The predicted molar refractivity (Wildman–Crippen MR) is 103 cm³/mol. The average molecular weight is 400 g/mol. The van der Waals surface area contributed by atoms with Gasteiger partial charge in [-0.15, -0.1) is 0 Å². The van der Waals surface area contributed by atoms with Gasteiger partial charge in [-0.25, -0.2) is 19.3 Å². The molecule has 3 saturated heterocycles. The number of nitrogens with zero attached hydrogens (tertiary/aromatic N) is 3. The van der Waals surface area contributed by atoms with Crippen molar-refractivity contribution < 1.29 is 14.0 Å². The van der Waals surface area contributed by atoms with Gasteiger partial charge in [0.05, 0.1) is 22.7 Å².